The molecule has 1 aliphatic heterocycles. The van der Waals surface area contributed by atoms with Crippen molar-refractivity contribution in [1.29, 1.82) is 0 Å². The highest BCUT2D eigenvalue weighted by Crippen LogP contribution is 2.20. The normalized spacial score (nSPS) is 16.0. The van der Waals surface area contributed by atoms with Crippen molar-refractivity contribution in [3.63, 3.8) is 0 Å². The lowest BCUT2D eigenvalue weighted by Gasteiger charge is -2.32. The van der Waals surface area contributed by atoms with Gasteiger partial charge in [-0.1, -0.05) is 30.3 Å². The quantitative estimate of drug-likeness (QED) is 0.766. The zero-order valence-corrected chi connectivity index (χ0v) is 15.2. The molecule has 0 saturated carbocycles. The maximum atomic E-state index is 12.5. The molecule has 0 unspecified atom stereocenters. The van der Waals surface area contributed by atoms with E-state index in [0.29, 0.717) is 10.4 Å². The second-order valence-electron chi connectivity index (χ2n) is 6.39. The summed E-state index contributed by atoms with van der Waals surface area (Å²) in [5.74, 6) is -1.14. The van der Waals surface area contributed by atoms with Crippen molar-refractivity contribution >= 4 is 29.3 Å². The summed E-state index contributed by atoms with van der Waals surface area (Å²) in [6.45, 7) is 2.85. The van der Waals surface area contributed by atoms with Gasteiger partial charge in [0.15, 0.2) is 0 Å². The number of likely N-dealkylation sites (tertiary alicyclic amines) is 1. The third-order valence-corrected chi connectivity index (χ3v) is 5.41. The van der Waals surface area contributed by atoms with E-state index in [4.69, 9.17) is 5.11 Å². The summed E-state index contributed by atoms with van der Waals surface area (Å²) in [5.41, 5.74) is 1.96. The first-order valence-electron chi connectivity index (χ1n) is 8.67. The third-order valence-electron chi connectivity index (χ3n) is 4.48. The molecule has 0 radical (unpaired) electrons. The first-order valence-corrected chi connectivity index (χ1v) is 9.55. The minimum Gasteiger partial charge on any atom is -0.478 e. The predicted octanol–water partition coefficient (Wildman–Crippen LogP) is 3.24. The molecule has 0 spiro atoms. The number of hydrogen-bond donors (Lipinski definition) is 2. The number of thiophene rings is 1. The summed E-state index contributed by atoms with van der Waals surface area (Å²) >= 11 is 1.33. The van der Waals surface area contributed by atoms with Crippen LogP contribution < -0.4 is 5.32 Å². The second-order valence-corrected chi connectivity index (χ2v) is 7.30. The van der Waals surface area contributed by atoms with Gasteiger partial charge in [0.25, 0.3) is 5.91 Å². The molecule has 0 bridgehead atoms. The Hall–Kier alpha value is -2.44. The number of nitrogens with zero attached hydrogens (tertiary/aromatic N) is 1. The minimum absolute atomic E-state index is 0.119. The molecule has 1 aromatic carbocycles. The summed E-state index contributed by atoms with van der Waals surface area (Å²) in [6, 6.07) is 12.3. The minimum atomic E-state index is -1.02. The van der Waals surface area contributed by atoms with Crippen molar-refractivity contribution in [3.05, 3.63) is 63.9 Å². The smallest absolute Gasteiger partial charge is 0.328 e. The van der Waals surface area contributed by atoms with E-state index in [-0.39, 0.29) is 11.9 Å². The van der Waals surface area contributed by atoms with Crippen LogP contribution in [0, 0.1) is 0 Å². The molecule has 26 heavy (non-hydrogen) atoms. The van der Waals surface area contributed by atoms with Gasteiger partial charge in [-0.15, -0.1) is 11.3 Å². The fraction of sp³-hybridized carbons (Fsp3) is 0.300. The van der Waals surface area contributed by atoms with Crippen LogP contribution in [0.3, 0.4) is 0 Å². The standard InChI is InChI=1S/C20H22N2O3S/c23-18(24)7-6-16-10-13-26-19(16)20(25)21-17-8-11-22(12-9-17)14-15-4-2-1-3-5-15/h1-7,10,13,17H,8-9,11-12,14H2,(H,21,25)(H,23,24)/b7-6+. The topological polar surface area (TPSA) is 69.6 Å². The van der Waals surface area contributed by atoms with Gasteiger partial charge in [0.1, 0.15) is 0 Å². The number of hydrogen-bond acceptors (Lipinski definition) is 4. The Morgan fingerprint density at radius 2 is 1.92 bits per heavy atom. The zero-order valence-electron chi connectivity index (χ0n) is 14.4. The number of carboxylic acids is 1. The van der Waals surface area contributed by atoms with Gasteiger partial charge < -0.3 is 10.4 Å². The fourth-order valence-electron chi connectivity index (χ4n) is 3.12. The Kier molecular flexibility index (Phi) is 6.20. The molecule has 2 N–H and O–H groups in total. The molecule has 5 nitrogen and oxygen atoms in total. The Bertz CT molecular complexity index is 777. The van der Waals surface area contributed by atoms with Crippen LogP contribution in [-0.2, 0) is 11.3 Å². The van der Waals surface area contributed by atoms with Crippen molar-refractivity contribution in [2.45, 2.75) is 25.4 Å². The highest BCUT2D eigenvalue weighted by atomic mass is 32.1. The number of carboxylic acid groups (broad SMARTS) is 1. The molecular weight excluding hydrogens is 348 g/mol. The summed E-state index contributed by atoms with van der Waals surface area (Å²) in [5, 5.41) is 13.6. The van der Waals surface area contributed by atoms with Gasteiger partial charge in [0, 0.05) is 31.8 Å². The Labute approximate surface area is 157 Å². The van der Waals surface area contributed by atoms with Crippen LogP contribution in [0.15, 0.2) is 47.9 Å². The molecule has 1 saturated heterocycles. The van der Waals surface area contributed by atoms with Crippen molar-refractivity contribution in [1.82, 2.24) is 10.2 Å². The van der Waals surface area contributed by atoms with Gasteiger partial charge in [0.2, 0.25) is 0 Å². The Morgan fingerprint density at radius 1 is 1.19 bits per heavy atom. The van der Waals surface area contributed by atoms with Crippen LogP contribution in [-0.4, -0.2) is 41.0 Å². The molecule has 136 valence electrons. The molecule has 1 aromatic heterocycles. The van der Waals surface area contributed by atoms with Gasteiger partial charge in [-0.25, -0.2) is 4.79 Å². The zero-order chi connectivity index (χ0) is 18.4. The van der Waals surface area contributed by atoms with Crippen LogP contribution in [0.5, 0.6) is 0 Å². The van der Waals surface area contributed by atoms with E-state index in [1.807, 2.05) is 6.07 Å². The van der Waals surface area contributed by atoms with E-state index >= 15 is 0 Å². The van der Waals surface area contributed by atoms with E-state index in [9.17, 15) is 9.59 Å². The molecule has 1 fully saturated rings. The number of carbonyl (C=O) groups is 2. The van der Waals surface area contributed by atoms with E-state index < -0.39 is 5.97 Å². The molecule has 1 amide bonds. The van der Waals surface area contributed by atoms with Gasteiger partial charge in [-0.05, 0) is 41.5 Å². The number of rotatable bonds is 6. The average Bonchev–Trinajstić information content (AvgIpc) is 3.11. The average molecular weight is 370 g/mol. The lowest BCUT2D eigenvalue weighted by Crippen LogP contribution is -2.44. The maximum absolute atomic E-state index is 12.5. The van der Waals surface area contributed by atoms with Gasteiger partial charge in [0.05, 0.1) is 4.88 Å². The molecule has 3 rings (SSSR count). The van der Waals surface area contributed by atoms with Crippen molar-refractivity contribution in [3.8, 4) is 0 Å². The summed E-state index contributed by atoms with van der Waals surface area (Å²) in [7, 11) is 0. The molecule has 0 atom stereocenters. The first kappa shape index (κ1) is 18.4. The molecule has 2 heterocycles. The highest BCUT2D eigenvalue weighted by molar-refractivity contribution is 7.12. The number of piperidine rings is 1. The van der Waals surface area contributed by atoms with Crippen LogP contribution in [0.4, 0.5) is 0 Å². The SMILES string of the molecule is O=C(O)/C=C/c1ccsc1C(=O)NC1CCN(Cc2ccccc2)CC1. The maximum Gasteiger partial charge on any atom is 0.328 e. The van der Waals surface area contributed by atoms with E-state index in [2.05, 4.69) is 34.5 Å². The molecule has 6 heteroatoms. The monoisotopic (exact) mass is 370 g/mol. The van der Waals surface area contributed by atoms with E-state index in [0.717, 1.165) is 38.6 Å². The van der Waals surface area contributed by atoms with E-state index in [1.54, 1.807) is 11.4 Å². The number of amides is 1. The third kappa shape index (κ3) is 5.03. The van der Waals surface area contributed by atoms with Crippen molar-refractivity contribution in [2.75, 3.05) is 13.1 Å². The summed E-state index contributed by atoms with van der Waals surface area (Å²) < 4.78 is 0. The fourth-order valence-corrected chi connectivity index (χ4v) is 3.91. The lowest BCUT2D eigenvalue weighted by molar-refractivity contribution is -0.131. The molecule has 2 aromatic rings. The number of nitrogens with one attached hydrogen (secondary N) is 1. The Morgan fingerprint density at radius 3 is 2.62 bits per heavy atom. The second kappa shape index (κ2) is 8.78. The van der Waals surface area contributed by atoms with Crippen LogP contribution in [0.1, 0.15) is 33.6 Å². The Balaban J connectivity index is 1.51. The van der Waals surface area contributed by atoms with Crippen LogP contribution in [0.25, 0.3) is 6.08 Å². The van der Waals surface area contributed by atoms with Crippen molar-refractivity contribution < 1.29 is 14.7 Å². The van der Waals surface area contributed by atoms with Gasteiger partial charge >= 0.3 is 5.97 Å². The lowest BCUT2D eigenvalue weighted by atomic mass is 10.0. The molecule has 1 aliphatic rings. The number of aliphatic carboxylic acids is 1. The summed E-state index contributed by atoms with van der Waals surface area (Å²) in [6.07, 6.45) is 4.37. The van der Waals surface area contributed by atoms with Gasteiger partial charge in [-0.2, -0.15) is 0 Å². The highest BCUT2D eigenvalue weighted by Gasteiger charge is 2.22. The molecule has 0 aliphatic carbocycles. The van der Waals surface area contributed by atoms with Crippen LogP contribution >= 0.6 is 11.3 Å². The predicted molar refractivity (Wildman–Crippen MR) is 103 cm³/mol. The van der Waals surface area contributed by atoms with Gasteiger partial charge in [-0.3, -0.25) is 9.69 Å². The first-order chi connectivity index (χ1) is 12.6. The van der Waals surface area contributed by atoms with Crippen LogP contribution in [0.2, 0.25) is 0 Å². The molecular formula is C20H22N2O3S. The summed E-state index contributed by atoms with van der Waals surface area (Å²) in [4.78, 5) is 26.2. The largest absolute Gasteiger partial charge is 0.478 e. The number of carbonyl (C=O) groups excluding carboxylic acids is 1. The van der Waals surface area contributed by atoms with E-state index in [1.165, 1.54) is 23.0 Å². The van der Waals surface area contributed by atoms with Crippen molar-refractivity contribution in [2.24, 2.45) is 0 Å². The number of benzene rings is 1.